The highest BCUT2D eigenvalue weighted by Crippen LogP contribution is 2.32. The Bertz CT molecular complexity index is 1230. The molecule has 8 nitrogen and oxygen atoms in total. The van der Waals surface area contributed by atoms with Crippen molar-refractivity contribution in [3.63, 3.8) is 0 Å². The molecule has 158 valence electrons. The maximum Gasteiger partial charge on any atom is 0.337 e. The topological polar surface area (TPSA) is 94.3 Å². The molecule has 1 N–H and O–H groups in total. The summed E-state index contributed by atoms with van der Waals surface area (Å²) in [6, 6.07) is 12.6. The van der Waals surface area contributed by atoms with Gasteiger partial charge in [-0.15, -0.1) is 11.3 Å². The van der Waals surface area contributed by atoms with Gasteiger partial charge in [-0.1, -0.05) is 12.1 Å². The van der Waals surface area contributed by atoms with Gasteiger partial charge in [0, 0.05) is 17.5 Å². The summed E-state index contributed by atoms with van der Waals surface area (Å²) in [4.78, 5) is 28.5. The summed E-state index contributed by atoms with van der Waals surface area (Å²) >= 11 is 1.48. The van der Waals surface area contributed by atoms with Crippen molar-refractivity contribution in [2.24, 2.45) is 10.1 Å². The number of anilines is 1. The number of rotatable bonds is 5. The molecule has 0 aliphatic carbocycles. The third-order valence-corrected chi connectivity index (χ3v) is 5.39. The predicted molar refractivity (Wildman–Crippen MR) is 119 cm³/mol. The van der Waals surface area contributed by atoms with E-state index < -0.39 is 0 Å². The maximum absolute atomic E-state index is 11.7. The van der Waals surface area contributed by atoms with E-state index in [0.717, 1.165) is 21.6 Å². The molecule has 0 saturated heterocycles. The number of hydrogen-bond donors (Lipinski definition) is 1. The lowest BCUT2D eigenvalue weighted by Crippen LogP contribution is -2.25. The summed E-state index contributed by atoms with van der Waals surface area (Å²) in [5.41, 5.74) is 3.64. The first-order chi connectivity index (χ1) is 15.1. The zero-order valence-electron chi connectivity index (χ0n) is 17.0. The molecule has 31 heavy (non-hydrogen) atoms. The van der Waals surface area contributed by atoms with E-state index in [2.05, 4.69) is 15.4 Å². The third kappa shape index (κ3) is 4.41. The van der Waals surface area contributed by atoms with E-state index >= 15 is 0 Å². The fourth-order valence-corrected chi connectivity index (χ4v) is 3.94. The molecule has 1 aromatic heterocycles. The minimum absolute atomic E-state index is 0.0172. The van der Waals surface area contributed by atoms with Crippen molar-refractivity contribution in [3.8, 4) is 17.0 Å². The normalized spacial score (nSPS) is 13.6. The van der Waals surface area contributed by atoms with Crippen LogP contribution >= 0.6 is 11.3 Å². The number of esters is 1. The van der Waals surface area contributed by atoms with Gasteiger partial charge in [-0.3, -0.25) is 9.79 Å². The molecule has 0 saturated carbocycles. The number of hydrogen-bond acceptors (Lipinski definition) is 7. The predicted octanol–water partition coefficient (Wildman–Crippen LogP) is 3.14. The molecule has 3 aromatic rings. The Labute approximate surface area is 182 Å². The smallest absolute Gasteiger partial charge is 0.337 e. The molecule has 0 spiro atoms. The van der Waals surface area contributed by atoms with Crippen LogP contribution in [-0.2, 0) is 9.53 Å². The van der Waals surface area contributed by atoms with Gasteiger partial charge < -0.3 is 14.8 Å². The average Bonchev–Trinajstić information content (AvgIpc) is 3.19. The highest BCUT2D eigenvalue weighted by Gasteiger charge is 2.17. The molecule has 4 rings (SSSR count). The number of nitrogens with one attached hydrogen (secondary N) is 1. The number of nitrogens with zero attached hydrogens (tertiary/aromatic N) is 3. The molecule has 9 heteroatoms. The van der Waals surface area contributed by atoms with Crippen molar-refractivity contribution in [2.45, 2.75) is 6.92 Å². The van der Waals surface area contributed by atoms with Crippen LogP contribution in [0.15, 0.2) is 57.9 Å². The zero-order valence-corrected chi connectivity index (χ0v) is 17.8. The van der Waals surface area contributed by atoms with E-state index in [1.54, 1.807) is 35.2 Å². The number of methoxy groups -OCH3 is 1. The molecule has 1 aliphatic heterocycles. The number of aromatic nitrogens is 1. The van der Waals surface area contributed by atoms with Crippen LogP contribution in [0.2, 0.25) is 0 Å². The second-order valence-corrected chi connectivity index (χ2v) is 7.43. The molecular weight excluding hydrogens is 416 g/mol. The highest BCUT2D eigenvalue weighted by molar-refractivity contribution is 7.07. The quantitative estimate of drug-likeness (QED) is 0.491. The monoisotopic (exact) mass is 436 g/mol. The van der Waals surface area contributed by atoms with Gasteiger partial charge in [-0.2, -0.15) is 5.10 Å². The first-order valence-corrected chi connectivity index (χ1v) is 10.5. The highest BCUT2D eigenvalue weighted by atomic mass is 32.1. The summed E-state index contributed by atoms with van der Waals surface area (Å²) in [6.07, 6.45) is 1.70. The van der Waals surface area contributed by atoms with Gasteiger partial charge in [0.1, 0.15) is 5.75 Å². The number of carbonyl (C=O) groups excluding carboxylic acids is 2. The molecule has 0 bridgehead atoms. The molecule has 1 amide bonds. The number of amides is 1. The fraction of sp³-hybridized carbons (Fsp3) is 0.182. The van der Waals surface area contributed by atoms with Gasteiger partial charge in [0.15, 0.2) is 6.61 Å². The van der Waals surface area contributed by atoms with Crippen molar-refractivity contribution in [2.75, 3.05) is 25.6 Å². The molecule has 0 radical (unpaired) electrons. The fourth-order valence-electron chi connectivity index (χ4n) is 3.04. The summed E-state index contributed by atoms with van der Waals surface area (Å²) < 4.78 is 11.9. The first kappa shape index (κ1) is 20.5. The Kier molecular flexibility index (Phi) is 5.94. The van der Waals surface area contributed by atoms with Crippen LogP contribution in [-0.4, -0.2) is 43.0 Å². The Morgan fingerprint density at radius 1 is 1.29 bits per heavy atom. The van der Waals surface area contributed by atoms with Crippen molar-refractivity contribution in [1.29, 1.82) is 0 Å². The number of carbonyl (C=O) groups is 2. The second kappa shape index (κ2) is 8.97. The summed E-state index contributed by atoms with van der Waals surface area (Å²) in [5, 5.41) is 9.43. The van der Waals surface area contributed by atoms with Crippen molar-refractivity contribution in [3.05, 3.63) is 63.8 Å². The third-order valence-electron chi connectivity index (χ3n) is 4.54. The standard InChI is InChI=1S/C22H20N4O4S/c1-3-23-22-26(24-11-14-4-6-15(7-5-14)21(28)29-2)18(13-31-22)16-8-9-19-17(10-16)25-20(27)12-30-19/h4-11,13H,3,12H2,1-2H3,(H,25,27). The lowest BCUT2D eigenvalue weighted by atomic mass is 10.1. The minimum atomic E-state index is -0.384. The van der Waals surface area contributed by atoms with Crippen molar-refractivity contribution >= 4 is 35.1 Å². The van der Waals surface area contributed by atoms with Gasteiger partial charge >= 0.3 is 5.97 Å². The van der Waals surface area contributed by atoms with Gasteiger partial charge in [0.05, 0.1) is 30.3 Å². The number of benzene rings is 2. The summed E-state index contributed by atoms with van der Waals surface area (Å²) in [5.74, 6) is 0.0706. The van der Waals surface area contributed by atoms with Crippen LogP contribution in [0.4, 0.5) is 5.69 Å². The number of ether oxygens (including phenoxy) is 2. The van der Waals surface area contributed by atoms with Crippen LogP contribution in [0.3, 0.4) is 0 Å². The molecule has 2 heterocycles. The maximum atomic E-state index is 11.7. The minimum Gasteiger partial charge on any atom is -0.482 e. The number of fused-ring (bicyclic) bond motifs is 1. The molecule has 2 aromatic carbocycles. The molecular formula is C22H20N4O4S. The SMILES string of the molecule is CCN=c1scc(-c2ccc3c(c2)NC(=O)CO3)n1N=Cc1ccc(C(=O)OC)cc1. The molecule has 0 fully saturated rings. The van der Waals surface area contributed by atoms with E-state index in [0.29, 0.717) is 23.5 Å². The van der Waals surface area contributed by atoms with Crippen molar-refractivity contribution in [1.82, 2.24) is 4.68 Å². The summed E-state index contributed by atoms with van der Waals surface area (Å²) in [7, 11) is 1.35. The van der Waals surface area contributed by atoms with Gasteiger partial charge in [0.25, 0.3) is 5.91 Å². The van der Waals surface area contributed by atoms with Gasteiger partial charge in [0.2, 0.25) is 4.80 Å². The lowest BCUT2D eigenvalue weighted by molar-refractivity contribution is -0.118. The Hall–Kier alpha value is -3.72. The van der Waals surface area contributed by atoms with Crippen LogP contribution in [0.25, 0.3) is 11.3 Å². The lowest BCUT2D eigenvalue weighted by Gasteiger charge is -2.18. The first-order valence-electron chi connectivity index (χ1n) is 9.60. The Morgan fingerprint density at radius 3 is 2.84 bits per heavy atom. The zero-order chi connectivity index (χ0) is 21.8. The van der Waals surface area contributed by atoms with Crippen LogP contribution in [0, 0.1) is 0 Å². The largest absolute Gasteiger partial charge is 0.482 e. The van der Waals surface area contributed by atoms with Gasteiger partial charge in [-0.05, 0) is 42.8 Å². The van der Waals surface area contributed by atoms with Crippen molar-refractivity contribution < 1.29 is 19.1 Å². The van der Waals surface area contributed by atoms with E-state index in [1.807, 2.05) is 30.5 Å². The van der Waals surface area contributed by atoms with Gasteiger partial charge in [-0.25, -0.2) is 9.47 Å². The van der Waals surface area contributed by atoms with Crippen LogP contribution < -0.4 is 14.9 Å². The Morgan fingerprint density at radius 2 is 2.10 bits per heavy atom. The van der Waals surface area contributed by atoms with E-state index in [4.69, 9.17) is 9.47 Å². The molecule has 0 unspecified atom stereocenters. The van der Waals surface area contributed by atoms with E-state index in [-0.39, 0.29) is 18.5 Å². The van der Waals surface area contributed by atoms with E-state index in [1.165, 1.54) is 18.4 Å². The second-order valence-electron chi connectivity index (χ2n) is 6.60. The Balaban J connectivity index is 1.70. The average molecular weight is 436 g/mol. The van der Waals surface area contributed by atoms with Crippen LogP contribution in [0.1, 0.15) is 22.8 Å². The summed E-state index contributed by atoms with van der Waals surface area (Å²) in [6.45, 7) is 2.60. The van der Waals surface area contributed by atoms with Crippen LogP contribution in [0.5, 0.6) is 5.75 Å². The molecule has 0 atom stereocenters. The molecule has 1 aliphatic rings. The van der Waals surface area contributed by atoms with E-state index in [9.17, 15) is 9.59 Å². The number of thiazole rings is 1.